The number of pyridine rings is 1. The Labute approximate surface area is 134 Å². The molecule has 1 heterocycles. The predicted octanol–water partition coefficient (Wildman–Crippen LogP) is 2.97. The first-order valence-electron chi connectivity index (χ1n) is 7.34. The summed E-state index contributed by atoms with van der Waals surface area (Å²) in [7, 11) is 0. The second-order valence-corrected chi connectivity index (χ2v) is 5.25. The van der Waals surface area contributed by atoms with E-state index in [1.165, 1.54) is 0 Å². The van der Waals surface area contributed by atoms with Crippen LogP contribution in [0.3, 0.4) is 0 Å². The predicted molar refractivity (Wildman–Crippen MR) is 88.5 cm³/mol. The molecule has 0 spiro atoms. The molecule has 4 nitrogen and oxygen atoms in total. The molecule has 4 heteroatoms. The molecule has 3 aromatic rings. The van der Waals surface area contributed by atoms with Gasteiger partial charge < -0.3 is 5.32 Å². The third-order valence-corrected chi connectivity index (χ3v) is 3.64. The van der Waals surface area contributed by atoms with Crippen molar-refractivity contribution in [1.29, 1.82) is 5.26 Å². The molecule has 0 atom stereocenters. The maximum Gasteiger partial charge on any atom is 0.224 e. The number of aromatic nitrogens is 1. The molecule has 1 N–H and O–H groups in total. The second kappa shape index (κ2) is 6.71. The number of nitrogens with one attached hydrogen (secondary N) is 1. The molecule has 1 aromatic heterocycles. The average Bonchev–Trinajstić information content (AvgIpc) is 2.61. The smallest absolute Gasteiger partial charge is 0.224 e. The third kappa shape index (κ3) is 3.53. The van der Waals surface area contributed by atoms with E-state index in [-0.39, 0.29) is 5.91 Å². The van der Waals surface area contributed by atoms with Crippen LogP contribution in [0.25, 0.3) is 10.9 Å². The van der Waals surface area contributed by atoms with E-state index >= 15 is 0 Å². The Balaban J connectivity index is 1.65. The lowest BCUT2D eigenvalue weighted by Gasteiger charge is -2.07. The van der Waals surface area contributed by atoms with Crippen molar-refractivity contribution >= 4 is 16.8 Å². The summed E-state index contributed by atoms with van der Waals surface area (Å²) in [5.74, 6) is -0.0486. The van der Waals surface area contributed by atoms with E-state index in [9.17, 15) is 4.79 Å². The maximum atomic E-state index is 12.2. The lowest BCUT2D eigenvalue weighted by atomic mass is 10.1. The molecule has 0 bridgehead atoms. The van der Waals surface area contributed by atoms with Crippen LogP contribution in [-0.4, -0.2) is 10.9 Å². The van der Waals surface area contributed by atoms with Gasteiger partial charge in [0.15, 0.2) is 0 Å². The number of benzene rings is 2. The summed E-state index contributed by atoms with van der Waals surface area (Å²) in [6, 6.07) is 19.0. The molecule has 112 valence electrons. The highest BCUT2D eigenvalue weighted by molar-refractivity contribution is 5.87. The molecule has 23 heavy (non-hydrogen) atoms. The Morgan fingerprint density at radius 3 is 2.65 bits per heavy atom. The fourth-order valence-corrected chi connectivity index (χ4v) is 2.44. The summed E-state index contributed by atoms with van der Waals surface area (Å²) in [5.41, 5.74) is 3.36. The molecular weight excluding hydrogens is 286 g/mol. The molecule has 0 unspecified atom stereocenters. The van der Waals surface area contributed by atoms with Crippen molar-refractivity contribution in [2.45, 2.75) is 13.0 Å². The van der Waals surface area contributed by atoms with Gasteiger partial charge in [0.2, 0.25) is 5.91 Å². The minimum atomic E-state index is -0.0486. The van der Waals surface area contributed by atoms with Crippen LogP contribution in [-0.2, 0) is 17.8 Å². The van der Waals surface area contributed by atoms with Gasteiger partial charge in [-0.3, -0.25) is 9.78 Å². The fraction of sp³-hybridized carbons (Fsp3) is 0.105. The van der Waals surface area contributed by atoms with Gasteiger partial charge in [0.05, 0.1) is 23.6 Å². The van der Waals surface area contributed by atoms with E-state index in [1.807, 2.05) is 42.5 Å². The number of hydrogen-bond donors (Lipinski definition) is 1. The summed E-state index contributed by atoms with van der Waals surface area (Å²) in [5, 5.41) is 12.7. The van der Waals surface area contributed by atoms with Gasteiger partial charge in [0.25, 0.3) is 0 Å². The number of fused-ring (bicyclic) bond motifs is 1. The molecule has 0 radical (unpaired) electrons. The van der Waals surface area contributed by atoms with Crippen molar-refractivity contribution in [2.24, 2.45) is 0 Å². The second-order valence-electron chi connectivity index (χ2n) is 5.25. The van der Waals surface area contributed by atoms with E-state index in [0.717, 1.165) is 22.0 Å². The highest BCUT2D eigenvalue weighted by atomic mass is 16.1. The first-order valence-corrected chi connectivity index (χ1v) is 7.34. The zero-order valence-corrected chi connectivity index (χ0v) is 12.5. The van der Waals surface area contributed by atoms with Crippen molar-refractivity contribution in [3.63, 3.8) is 0 Å². The maximum absolute atomic E-state index is 12.2. The molecule has 0 saturated heterocycles. The van der Waals surface area contributed by atoms with Crippen LogP contribution >= 0.6 is 0 Å². The topological polar surface area (TPSA) is 65.8 Å². The Morgan fingerprint density at radius 1 is 1.09 bits per heavy atom. The molecule has 2 aromatic carbocycles. The summed E-state index contributed by atoms with van der Waals surface area (Å²) in [6.45, 7) is 0.447. The van der Waals surface area contributed by atoms with Crippen molar-refractivity contribution in [2.75, 3.05) is 0 Å². The van der Waals surface area contributed by atoms with Gasteiger partial charge in [-0.1, -0.05) is 36.4 Å². The van der Waals surface area contributed by atoms with Gasteiger partial charge >= 0.3 is 0 Å². The van der Waals surface area contributed by atoms with Gasteiger partial charge in [-0.25, -0.2) is 0 Å². The molecule has 3 rings (SSSR count). The molecule has 0 saturated carbocycles. The Kier molecular flexibility index (Phi) is 4.30. The fourth-order valence-electron chi connectivity index (χ4n) is 2.44. The van der Waals surface area contributed by atoms with E-state index in [0.29, 0.717) is 18.5 Å². The lowest BCUT2D eigenvalue weighted by molar-refractivity contribution is -0.120. The first-order chi connectivity index (χ1) is 11.3. The van der Waals surface area contributed by atoms with Crippen molar-refractivity contribution in [3.05, 3.63) is 77.5 Å². The molecule has 0 aliphatic rings. The van der Waals surface area contributed by atoms with Gasteiger partial charge in [0, 0.05) is 18.1 Å². The number of para-hydroxylation sites is 1. The van der Waals surface area contributed by atoms with Crippen molar-refractivity contribution < 1.29 is 4.79 Å². The van der Waals surface area contributed by atoms with E-state index in [2.05, 4.69) is 16.4 Å². The monoisotopic (exact) mass is 301 g/mol. The van der Waals surface area contributed by atoms with Crippen LogP contribution < -0.4 is 5.32 Å². The average molecular weight is 301 g/mol. The Hall–Kier alpha value is -3.19. The number of nitriles is 1. The number of amides is 1. The summed E-state index contributed by atoms with van der Waals surface area (Å²) < 4.78 is 0. The number of carbonyl (C=O) groups is 1. The highest BCUT2D eigenvalue weighted by Gasteiger charge is 2.07. The minimum absolute atomic E-state index is 0.0486. The lowest BCUT2D eigenvalue weighted by Crippen LogP contribution is -2.24. The zero-order valence-electron chi connectivity index (χ0n) is 12.5. The van der Waals surface area contributed by atoms with Gasteiger partial charge in [-0.05, 0) is 29.3 Å². The first kappa shape index (κ1) is 14.7. The Bertz CT molecular complexity index is 874. The number of rotatable bonds is 4. The highest BCUT2D eigenvalue weighted by Crippen LogP contribution is 2.16. The van der Waals surface area contributed by atoms with Crippen LogP contribution in [0.1, 0.15) is 16.7 Å². The number of nitrogens with zero attached hydrogens (tertiary/aromatic N) is 2. The van der Waals surface area contributed by atoms with Gasteiger partial charge in [-0.15, -0.1) is 0 Å². The number of hydrogen-bond acceptors (Lipinski definition) is 3. The summed E-state index contributed by atoms with van der Waals surface area (Å²) in [4.78, 5) is 16.5. The molecule has 0 fully saturated rings. The normalized spacial score (nSPS) is 10.2. The molecular formula is C19H15N3O. The third-order valence-electron chi connectivity index (χ3n) is 3.64. The van der Waals surface area contributed by atoms with Gasteiger partial charge in [0.1, 0.15) is 0 Å². The van der Waals surface area contributed by atoms with E-state index < -0.39 is 0 Å². The van der Waals surface area contributed by atoms with Crippen LogP contribution in [0.2, 0.25) is 0 Å². The van der Waals surface area contributed by atoms with Gasteiger partial charge in [-0.2, -0.15) is 5.26 Å². The quantitative estimate of drug-likeness (QED) is 0.805. The molecule has 0 aliphatic carbocycles. The summed E-state index contributed by atoms with van der Waals surface area (Å²) >= 11 is 0. The SMILES string of the molecule is N#Cc1ccc(CNC(=O)Cc2cccc3cccnc23)cc1. The molecule has 1 amide bonds. The summed E-state index contributed by atoms with van der Waals surface area (Å²) in [6.07, 6.45) is 2.03. The van der Waals surface area contributed by atoms with Crippen molar-refractivity contribution in [3.8, 4) is 6.07 Å². The van der Waals surface area contributed by atoms with E-state index in [4.69, 9.17) is 5.26 Å². The number of carbonyl (C=O) groups excluding carboxylic acids is 1. The zero-order chi connectivity index (χ0) is 16.1. The minimum Gasteiger partial charge on any atom is -0.352 e. The van der Waals surface area contributed by atoms with Crippen LogP contribution in [0, 0.1) is 11.3 Å². The van der Waals surface area contributed by atoms with Crippen molar-refractivity contribution in [1.82, 2.24) is 10.3 Å². The largest absolute Gasteiger partial charge is 0.352 e. The van der Waals surface area contributed by atoms with Crippen LogP contribution in [0.4, 0.5) is 0 Å². The van der Waals surface area contributed by atoms with Crippen LogP contribution in [0.15, 0.2) is 60.8 Å². The van der Waals surface area contributed by atoms with E-state index in [1.54, 1.807) is 18.3 Å². The molecule has 0 aliphatic heterocycles. The van der Waals surface area contributed by atoms with Crippen LogP contribution in [0.5, 0.6) is 0 Å². The standard InChI is InChI=1S/C19H15N3O/c20-12-14-6-8-15(9-7-14)13-22-18(23)11-17-4-1-3-16-5-2-10-21-19(16)17/h1-10H,11,13H2,(H,22,23). The Morgan fingerprint density at radius 2 is 1.87 bits per heavy atom.